The van der Waals surface area contributed by atoms with Gasteiger partial charge in [-0.2, -0.15) is 0 Å². The second-order valence-electron chi connectivity index (χ2n) is 4.69. The van der Waals surface area contributed by atoms with Crippen molar-refractivity contribution in [3.05, 3.63) is 28.2 Å². The lowest BCUT2D eigenvalue weighted by atomic mass is 9.92. The quantitative estimate of drug-likeness (QED) is 0.870. The maximum Gasteiger partial charge on any atom is 0.227 e. The van der Waals surface area contributed by atoms with Gasteiger partial charge in [-0.15, -0.1) is 12.4 Å². The summed E-state index contributed by atoms with van der Waals surface area (Å²) in [5, 5.41) is 7.16. The van der Waals surface area contributed by atoms with E-state index >= 15 is 0 Å². The molecule has 19 heavy (non-hydrogen) atoms. The standard InChI is InChI=1S/C13H16Cl2N2O.ClH/c1-8-6-9(4-5-16-8)13(18)17-10-2-3-11(14)12(15)7-10;/h2-3,7-9,16H,4-6H2,1H3,(H,17,18);1H/t8-,9-;/m0./s1. The number of hydrogen-bond acceptors (Lipinski definition) is 2. The molecular formula is C13H17Cl3N2O. The minimum absolute atomic E-state index is 0. The fourth-order valence-electron chi connectivity index (χ4n) is 2.19. The van der Waals surface area contributed by atoms with Crippen LogP contribution in [0.3, 0.4) is 0 Å². The Bertz CT molecular complexity index is 454. The largest absolute Gasteiger partial charge is 0.326 e. The van der Waals surface area contributed by atoms with Gasteiger partial charge in [0.25, 0.3) is 0 Å². The van der Waals surface area contributed by atoms with E-state index in [4.69, 9.17) is 23.2 Å². The summed E-state index contributed by atoms with van der Waals surface area (Å²) in [4.78, 5) is 12.1. The van der Waals surface area contributed by atoms with Crippen LogP contribution in [-0.4, -0.2) is 18.5 Å². The zero-order chi connectivity index (χ0) is 13.1. The van der Waals surface area contributed by atoms with Crippen LogP contribution in [0.25, 0.3) is 0 Å². The van der Waals surface area contributed by atoms with Gasteiger partial charge in [0.05, 0.1) is 10.0 Å². The SMILES string of the molecule is C[C@H]1C[C@@H](C(=O)Nc2ccc(Cl)c(Cl)c2)CCN1.Cl. The topological polar surface area (TPSA) is 41.1 Å². The number of nitrogens with one attached hydrogen (secondary N) is 2. The summed E-state index contributed by atoms with van der Waals surface area (Å²) < 4.78 is 0. The number of hydrogen-bond donors (Lipinski definition) is 2. The highest BCUT2D eigenvalue weighted by molar-refractivity contribution is 6.42. The van der Waals surface area contributed by atoms with Crippen LogP contribution >= 0.6 is 35.6 Å². The molecule has 2 N–H and O–H groups in total. The van der Waals surface area contributed by atoms with Crippen molar-refractivity contribution < 1.29 is 4.79 Å². The number of piperidine rings is 1. The molecule has 1 aliphatic heterocycles. The first-order valence-electron chi connectivity index (χ1n) is 6.05. The monoisotopic (exact) mass is 322 g/mol. The van der Waals surface area contributed by atoms with Crippen molar-refractivity contribution in [3.63, 3.8) is 0 Å². The summed E-state index contributed by atoms with van der Waals surface area (Å²) in [5.74, 6) is 0.123. The van der Waals surface area contributed by atoms with Gasteiger partial charge in [-0.05, 0) is 44.5 Å². The van der Waals surface area contributed by atoms with Crippen LogP contribution in [0.1, 0.15) is 19.8 Å². The van der Waals surface area contributed by atoms with Crippen LogP contribution < -0.4 is 10.6 Å². The molecule has 0 aliphatic carbocycles. The van der Waals surface area contributed by atoms with E-state index in [0.717, 1.165) is 19.4 Å². The summed E-state index contributed by atoms with van der Waals surface area (Å²) >= 11 is 11.7. The van der Waals surface area contributed by atoms with Crippen LogP contribution in [-0.2, 0) is 4.79 Å². The van der Waals surface area contributed by atoms with Crippen molar-refractivity contribution in [2.75, 3.05) is 11.9 Å². The summed E-state index contributed by atoms with van der Waals surface area (Å²) in [6, 6.07) is 5.51. The van der Waals surface area contributed by atoms with Gasteiger partial charge >= 0.3 is 0 Å². The highest BCUT2D eigenvalue weighted by atomic mass is 35.5. The minimum atomic E-state index is 0. The first kappa shape index (κ1) is 16.6. The predicted molar refractivity (Wildman–Crippen MR) is 82.5 cm³/mol. The summed E-state index contributed by atoms with van der Waals surface area (Å²) in [6.07, 6.45) is 1.74. The van der Waals surface area contributed by atoms with Crippen molar-refractivity contribution in [3.8, 4) is 0 Å². The lowest BCUT2D eigenvalue weighted by molar-refractivity contribution is -0.120. The zero-order valence-electron chi connectivity index (χ0n) is 10.6. The molecule has 0 bridgehead atoms. The lowest BCUT2D eigenvalue weighted by Gasteiger charge is -2.27. The van der Waals surface area contributed by atoms with E-state index in [1.54, 1.807) is 18.2 Å². The number of carbonyl (C=O) groups is 1. The second kappa shape index (κ2) is 7.34. The van der Waals surface area contributed by atoms with E-state index in [1.165, 1.54) is 0 Å². The Morgan fingerprint density at radius 1 is 1.37 bits per heavy atom. The zero-order valence-corrected chi connectivity index (χ0v) is 12.9. The molecule has 1 aromatic carbocycles. The lowest BCUT2D eigenvalue weighted by Crippen LogP contribution is -2.40. The summed E-state index contributed by atoms with van der Waals surface area (Å²) in [6.45, 7) is 2.99. The normalized spacial score (nSPS) is 22.5. The summed E-state index contributed by atoms with van der Waals surface area (Å²) in [7, 11) is 0. The van der Waals surface area contributed by atoms with E-state index in [9.17, 15) is 4.79 Å². The Morgan fingerprint density at radius 3 is 2.74 bits per heavy atom. The fraction of sp³-hybridized carbons (Fsp3) is 0.462. The van der Waals surface area contributed by atoms with Gasteiger partial charge in [-0.3, -0.25) is 4.79 Å². The summed E-state index contributed by atoms with van der Waals surface area (Å²) in [5.41, 5.74) is 0.695. The van der Waals surface area contributed by atoms with E-state index in [1.807, 2.05) is 0 Å². The van der Waals surface area contributed by atoms with E-state index in [-0.39, 0.29) is 24.2 Å². The number of benzene rings is 1. The Balaban J connectivity index is 0.00000180. The van der Waals surface area contributed by atoms with Crippen LogP contribution in [0.5, 0.6) is 0 Å². The van der Waals surface area contributed by atoms with Crippen molar-refractivity contribution in [1.29, 1.82) is 0 Å². The fourth-order valence-corrected chi connectivity index (χ4v) is 2.49. The van der Waals surface area contributed by atoms with E-state index < -0.39 is 0 Å². The molecule has 0 spiro atoms. The Kier molecular flexibility index (Phi) is 6.40. The first-order valence-corrected chi connectivity index (χ1v) is 6.81. The number of carbonyl (C=O) groups excluding carboxylic acids is 1. The molecule has 2 rings (SSSR count). The third kappa shape index (κ3) is 4.53. The molecule has 1 fully saturated rings. The molecule has 3 nitrogen and oxygen atoms in total. The molecule has 0 aromatic heterocycles. The van der Waals surface area contributed by atoms with Crippen molar-refractivity contribution in [2.45, 2.75) is 25.8 Å². The van der Waals surface area contributed by atoms with Crippen molar-refractivity contribution in [2.24, 2.45) is 5.92 Å². The molecule has 0 saturated carbocycles. The third-order valence-electron chi connectivity index (χ3n) is 3.18. The molecule has 1 amide bonds. The van der Waals surface area contributed by atoms with Gasteiger partial charge in [0, 0.05) is 17.6 Å². The van der Waals surface area contributed by atoms with Gasteiger partial charge in [0.2, 0.25) is 5.91 Å². The van der Waals surface area contributed by atoms with Gasteiger partial charge in [0.15, 0.2) is 0 Å². The Morgan fingerprint density at radius 2 is 2.11 bits per heavy atom. The Hall–Kier alpha value is -0.480. The number of amides is 1. The van der Waals surface area contributed by atoms with Crippen LogP contribution in [0, 0.1) is 5.92 Å². The average molecular weight is 324 g/mol. The van der Waals surface area contributed by atoms with Crippen LogP contribution in [0.4, 0.5) is 5.69 Å². The number of rotatable bonds is 2. The molecule has 1 saturated heterocycles. The molecule has 106 valence electrons. The Labute approximate surface area is 129 Å². The molecule has 1 heterocycles. The van der Waals surface area contributed by atoms with Crippen molar-refractivity contribution >= 4 is 47.2 Å². The smallest absolute Gasteiger partial charge is 0.227 e. The minimum Gasteiger partial charge on any atom is -0.326 e. The number of halogens is 3. The van der Waals surface area contributed by atoms with Gasteiger partial charge in [-0.25, -0.2) is 0 Å². The van der Waals surface area contributed by atoms with E-state index in [2.05, 4.69) is 17.6 Å². The molecule has 6 heteroatoms. The van der Waals surface area contributed by atoms with Gasteiger partial charge < -0.3 is 10.6 Å². The van der Waals surface area contributed by atoms with Gasteiger partial charge in [-0.1, -0.05) is 23.2 Å². The highest BCUT2D eigenvalue weighted by Gasteiger charge is 2.24. The molecular weight excluding hydrogens is 307 g/mol. The maximum absolute atomic E-state index is 12.1. The second-order valence-corrected chi connectivity index (χ2v) is 5.51. The number of anilines is 1. The van der Waals surface area contributed by atoms with Crippen molar-refractivity contribution in [1.82, 2.24) is 5.32 Å². The maximum atomic E-state index is 12.1. The molecule has 0 radical (unpaired) electrons. The van der Waals surface area contributed by atoms with Gasteiger partial charge in [0.1, 0.15) is 0 Å². The molecule has 2 atom stereocenters. The molecule has 0 unspecified atom stereocenters. The highest BCUT2D eigenvalue weighted by Crippen LogP contribution is 2.26. The van der Waals surface area contributed by atoms with E-state index in [0.29, 0.717) is 21.8 Å². The third-order valence-corrected chi connectivity index (χ3v) is 3.92. The molecule has 1 aliphatic rings. The first-order chi connectivity index (χ1) is 8.56. The van der Waals surface area contributed by atoms with Crippen LogP contribution in [0.2, 0.25) is 10.0 Å². The molecule has 1 aromatic rings. The average Bonchev–Trinajstić information content (AvgIpc) is 2.34. The predicted octanol–water partition coefficient (Wildman–Crippen LogP) is 3.74. The van der Waals surface area contributed by atoms with Crippen LogP contribution in [0.15, 0.2) is 18.2 Å².